The van der Waals surface area contributed by atoms with E-state index in [9.17, 15) is 9.59 Å². The van der Waals surface area contributed by atoms with Gasteiger partial charge in [-0.15, -0.1) is 0 Å². The molecule has 1 atom stereocenters. The molecule has 0 aromatic heterocycles. The van der Waals surface area contributed by atoms with Crippen molar-refractivity contribution < 1.29 is 9.59 Å². The second-order valence-electron chi connectivity index (χ2n) is 4.44. The Bertz CT molecular complexity index is 242. The first-order valence-electron chi connectivity index (χ1n) is 4.39. The lowest BCUT2D eigenvalue weighted by molar-refractivity contribution is -0.137. The van der Waals surface area contributed by atoms with Gasteiger partial charge in [0.05, 0.1) is 12.5 Å². The molecule has 74 valence electrons. The Balaban J connectivity index is 2.65. The third-order valence-electron chi connectivity index (χ3n) is 1.99. The fraction of sp³-hybridized carbons (Fsp3) is 0.778. The average molecular weight is 184 g/mol. The van der Waals surface area contributed by atoms with E-state index in [4.69, 9.17) is 0 Å². The molecule has 0 bridgehead atoms. The zero-order valence-electron chi connectivity index (χ0n) is 8.55. The summed E-state index contributed by atoms with van der Waals surface area (Å²) in [4.78, 5) is 23.8. The Hall–Kier alpha value is -0.900. The minimum absolute atomic E-state index is 0.105. The van der Waals surface area contributed by atoms with E-state index in [2.05, 4.69) is 5.32 Å². The summed E-state index contributed by atoms with van der Waals surface area (Å²) in [7, 11) is 1.52. The maximum atomic E-state index is 11.4. The summed E-state index contributed by atoms with van der Waals surface area (Å²) in [6.07, 6.45) is 0.284. The maximum absolute atomic E-state index is 11.4. The van der Waals surface area contributed by atoms with Crippen molar-refractivity contribution in [2.75, 3.05) is 7.05 Å². The van der Waals surface area contributed by atoms with Crippen LogP contribution in [0.5, 0.6) is 0 Å². The molecule has 0 radical (unpaired) electrons. The number of carbonyl (C=O) groups excluding carboxylic acids is 2. The van der Waals surface area contributed by atoms with E-state index in [1.54, 1.807) is 0 Å². The van der Waals surface area contributed by atoms with Crippen molar-refractivity contribution >= 4 is 11.8 Å². The smallest absolute Gasteiger partial charge is 0.246 e. The van der Waals surface area contributed by atoms with E-state index < -0.39 is 0 Å². The molecule has 1 unspecified atom stereocenters. The van der Waals surface area contributed by atoms with Gasteiger partial charge >= 0.3 is 0 Å². The molecule has 1 heterocycles. The van der Waals surface area contributed by atoms with Crippen molar-refractivity contribution in [3.63, 3.8) is 0 Å². The Kier molecular flexibility index (Phi) is 2.43. The molecule has 1 aliphatic heterocycles. The third kappa shape index (κ3) is 2.28. The van der Waals surface area contributed by atoms with E-state index in [-0.39, 0.29) is 29.8 Å². The van der Waals surface area contributed by atoms with E-state index >= 15 is 0 Å². The first-order valence-corrected chi connectivity index (χ1v) is 4.39. The maximum Gasteiger partial charge on any atom is 0.246 e. The Morgan fingerprint density at radius 2 is 1.92 bits per heavy atom. The minimum atomic E-state index is -0.336. The molecule has 4 nitrogen and oxygen atoms in total. The fourth-order valence-electron chi connectivity index (χ4n) is 1.39. The molecule has 0 saturated carbocycles. The Morgan fingerprint density at radius 3 is 2.23 bits per heavy atom. The van der Waals surface area contributed by atoms with Crippen LogP contribution >= 0.6 is 0 Å². The van der Waals surface area contributed by atoms with Crippen LogP contribution < -0.4 is 5.32 Å². The number of likely N-dealkylation sites (N-methyl/N-ethyl adjacent to an activating group) is 1. The molecule has 1 rings (SSSR count). The number of hydrogen-bond donors (Lipinski definition) is 1. The van der Waals surface area contributed by atoms with Crippen molar-refractivity contribution in [1.29, 1.82) is 0 Å². The molecule has 2 amide bonds. The fourth-order valence-corrected chi connectivity index (χ4v) is 1.39. The van der Waals surface area contributed by atoms with Gasteiger partial charge in [0, 0.05) is 12.6 Å². The molecule has 1 fully saturated rings. The lowest BCUT2D eigenvalue weighted by Gasteiger charge is -2.24. The van der Waals surface area contributed by atoms with Crippen LogP contribution in [0, 0.1) is 0 Å². The zero-order valence-corrected chi connectivity index (χ0v) is 8.55. The van der Waals surface area contributed by atoms with Gasteiger partial charge in [-0.2, -0.15) is 0 Å². The zero-order chi connectivity index (χ0) is 10.2. The molecule has 0 spiro atoms. The standard InChI is InChI=1S/C9H16N2O2/c1-9(2,3)10-6-5-7(12)11(4)8(6)13/h6,10H,5H2,1-4H3. The quantitative estimate of drug-likeness (QED) is 0.589. The van der Waals surface area contributed by atoms with Crippen LogP contribution in [0.15, 0.2) is 0 Å². The lowest BCUT2D eigenvalue weighted by Crippen LogP contribution is -2.47. The number of rotatable bonds is 1. The summed E-state index contributed by atoms with van der Waals surface area (Å²) >= 11 is 0. The summed E-state index contributed by atoms with van der Waals surface area (Å²) in [6.45, 7) is 5.93. The average Bonchev–Trinajstić information content (AvgIpc) is 2.15. The molecule has 0 aromatic carbocycles. The van der Waals surface area contributed by atoms with Gasteiger partial charge in [-0.05, 0) is 20.8 Å². The number of nitrogens with one attached hydrogen (secondary N) is 1. The Labute approximate surface area is 78.3 Å². The molecular formula is C9H16N2O2. The monoisotopic (exact) mass is 184 g/mol. The van der Waals surface area contributed by atoms with Crippen molar-refractivity contribution in [3.8, 4) is 0 Å². The molecule has 1 aliphatic rings. The highest BCUT2D eigenvalue weighted by molar-refractivity contribution is 6.05. The molecule has 4 heteroatoms. The van der Waals surface area contributed by atoms with Crippen molar-refractivity contribution in [3.05, 3.63) is 0 Å². The van der Waals surface area contributed by atoms with Crippen molar-refractivity contribution in [2.45, 2.75) is 38.8 Å². The third-order valence-corrected chi connectivity index (χ3v) is 1.99. The van der Waals surface area contributed by atoms with Crippen LogP contribution in [0.1, 0.15) is 27.2 Å². The van der Waals surface area contributed by atoms with Crippen molar-refractivity contribution in [1.82, 2.24) is 10.2 Å². The van der Waals surface area contributed by atoms with E-state index in [0.29, 0.717) is 0 Å². The first-order chi connectivity index (χ1) is 5.81. The van der Waals surface area contributed by atoms with Gasteiger partial charge in [-0.1, -0.05) is 0 Å². The van der Waals surface area contributed by atoms with Crippen LogP contribution in [0.2, 0.25) is 0 Å². The van der Waals surface area contributed by atoms with Gasteiger partial charge in [-0.25, -0.2) is 0 Å². The number of carbonyl (C=O) groups is 2. The van der Waals surface area contributed by atoms with Crippen LogP contribution in [0.3, 0.4) is 0 Å². The van der Waals surface area contributed by atoms with Crippen LogP contribution in [0.4, 0.5) is 0 Å². The number of hydrogen-bond acceptors (Lipinski definition) is 3. The summed E-state index contributed by atoms with van der Waals surface area (Å²) in [6, 6.07) is -0.336. The summed E-state index contributed by atoms with van der Waals surface area (Å²) < 4.78 is 0. The number of amides is 2. The number of nitrogens with zero attached hydrogens (tertiary/aromatic N) is 1. The van der Waals surface area contributed by atoms with Crippen molar-refractivity contribution in [2.24, 2.45) is 0 Å². The highest BCUT2D eigenvalue weighted by Gasteiger charge is 2.37. The molecule has 1 N–H and O–H groups in total. The molecular weight excluding hydrogens is 168 g/mol. The summed E-state index contributed by atoms with van der Waals surface area (Å²) in [5.41, 5.74) is -0.133. The Morgan fingerprint density at radius 1 is 1.38 bits per heavy atom. The first kappa shape index (κ1) is 10.2. The normalized spacial score (nSPS) is 24.3. The van der Waals surface area contributed by atoms with Crippen LogP contribution in [-0.4, -0.2) is 35.3 Å². The highest BCUT2D eigenvalue weighted by atomic mass is 16.2. The number of likely N-dealkylation sites (tertiary alicyclic amines) is 1. The van der Waals surface area contributed by atoms with E-state index in [1.807, 2.05) is 20.8 Å². The second-order valence-corrected chi connectivity index (χ2v) is 4.44. The molecule has 1 saturated heterocycles. The van der Waals surface area contributed by atoms with E-state index in [0.717, 1.165) is 0 Å². The predicted octanol–water partition coefficient (Wildman–Crippen LogP) is 0.132. The van der Waals surface area contributed by atoms with Gasteiger partial charge in [0.15, 0.2) is 0 Å². The van der Waals surface area contributed by atoms with Gasteiger partial charge in [0.2, 0.25) is 11.8 Å². The van der Waals surface area contributed by atoms with Gasteiger partial charge < -0.3 is 5.32 Å². The highest BCUT2D eigenvalue weighted by Crippen LogP contribution is 2.13. The number of imide groups is 1. The van der Waals surface area contributed by atoms with Crippen LogP contribution in [-0.2, 0) is 9.59 Å². The topological polar surface area (TPSA) is 49.4 Å². The summed E-state index contributed by atoms with van der Waals surface area (Å²) in [5, 5.41) is 3.12. The SMILES string of the molecule is CN1C(=O)CC(NC(C)(C)C)C1=O. The largest absolute Gasteiger partial charge is 0.301 e. The van der Waals surface area contributed by atoms with Gasteiger partial charge in [-0.3, -0.25) is 14.5 Å². The van der Waals surface area contributed by atoms with Crippen LogP contribution in [0.25, 0.3) is 0 Å². The van der Waals surface area contributed by atoms with Gasteiger partial charge in [0.1, 0.15) is 0 Å². The molecule has 0 aliphatic carbocycles. The molecule has 13 heavy (non-hydrogen) atoms. The summed E-state index contributed by atoms with van der Waals surface area (Å²) in [5.74, 6) is -0.230. The lowest BCUT2D eigenvalue weighted by atomic mass is 10.1. The predicted molar refractivity (Wildman–Crippen MR) is 49.1 cm³/mol. The minimum Gasteiger partial charge on any atom is -0.301 e. The van der Waals surface area contributed by atoms with Gasteiger partial charge in [0.25, 0.3) is 0 Å². The second kappa shape index (κ2) is 3.10. The molecule has 0 aromatic rings. The van der Waals surface area contributed by atoms with E-state index in [1.165, 1.54) is 11.9 Å².